The quantitative estimate of drug-likeness (QED) is 0.319. The molecule has 2 unspecified atom stereocenters. The summed E-state index contributed by atoms with van der Waals surface area (Å²) in [5.41, 5.74) is -2.54. The number of alkyl halides is 6. The zero-order chi connectivity index (χ0) is 34.2. The fourth-order valence-corrected chi connectivity index (χ4v) is 6.08. The van der Waals surface area contributed by atoms with Gasteiger partial charge in [-0.2, -0.15) is 26.3 Å². The van der Waals surface area contributed by atoms with Crippen LogP contribution in [0.2, 0.25) is 0 Å². The molecule has 0 N–H and O–H groups in total. The van der Waals surface area contributed by atoms with Gasteiger partial charge in [0, 0.05) is 52.4 Å². The fourth-order valence-electron chi connectivity index (χ4n) is 6.08. The number of amides is 3. The van der Waals surface area contributed by atoms with E-state index in [-0.39, 0.29) is 24.2 Å². The van der Waals surface area contributed by atoms with Gasteiger partial charge in [-0.1, -0.05) is 6.07 Å². The second-order valence-electron chi connectivity index (χ2n) is 12.9. The van der Waals surface area contributed by atoms with Crippen LogP contribution < -0.4 is 0 Å². The summed E-state index contributed by atoms with van der Waals surface area (Å²) in [6.45, 7) is 8.91. The lowest BCUT2D eigenvalue weighted by atomic mass is 9.88. The lowest BCUT2D eigenvalue weighted by molar-refractivity contribution is -0.143. The molecule has 2 aromatic carbocycles. The Morgan fingerprint density at radius 3 is 2.00 bits per heavy atom. The van der Waals surface area contributed by atoms with E-state index in [2.05, 4.69) is 4.90 Å². The molecule has 46 heavy (non-hydrogen) atoms. The van der Waals surface area contributed by atoms with Crippen molar-refractivity contribution < 1.29 is 45.1 Å². The Bertz CT molecular complexity index is 1380. The first-order valence-corrected chi connectivity index (χ1v) is 15.0. The van der Waals surface area contributed by atoms with Gasteiger partial charge in [-0.25, -0.2) is 14.0 Å². The van der Waals surface area contributed by atoms with Crippen LogP contribution in [0.5, 0.6) is 0 Å². The van der Waals surface area contributed by atoms with Gasteiger partial charge in [-0.15, -0.1) is 0 Å². The topological polar surface area (TPSA) is 56.3 Å². The van der Waals surface area contributed by atoms with Gasteiger partial charge in [-0.05, 0) is 87.6 Å². The highest BCUT2D eigenvalue weighted by Crippen LogP contribution is 2.38. The van der Waals surface area contributed by atoms with Crippen LogP contribution in [0.1, 0.15) is 67.5 Å². The number of halogens is 7. The lowest BCUT2D eigenvalue weighted by Crippen LogP contribution is -2.56. The summed E-state index contributed by atoms with van der Waals surface area (Å²) in [6.07, 6.45) is -9.41. The number of piperidine rings is 1. The van der Waals surface area contributed by atoms with E-state index in [4.69, 9.17) is 4.74 Å². The maximum atomic E-state index is 14.0. The Labute approximate surface area is 263 Å². The van der Waals surface area contributed by atoms with Crippen LogP contribution in [-0.4, -0.2) is 83.1 Å². The van der Waals surface area contributed by atoms with Crippen molar-refractivity contribution in [2.24, 2.45) is 0 Å². The highest BCUT2D eigenvalue weighted by atomic mass is 19.4. The number of aryl methyl sites for hydroxylation is 1. The number of urea groups is 1. The highest BCUT2D eigenvalue weighted by Gasteiger charge is 2.40. The molecule has 2 saturated heterocycles. The van der Waals surface area contributed by atoms with E-state index in [0.29, 0.717) is 62.3 Å². The molecule has 2 heterocycles. The van der Waals surface area contributed by atoms with Crippen molar-refractivity contribution in [3.63, 3.8) is 0 Å². The second-order valence-corrected chi connectivity index (χ2v) is 12.9. The van der Waals surface area contributed by atoms with Crippen molar-refractivity contribution in [1.82, 2.24) is 19.6 Å². The predicted octanol–water partition coefficient (Wildman–Crippen LogP) is 7.48. The van der Waals surface area contributed by atoms with Crippen LogP contribution in [0.4, 0.5) is 40.3 Å². The Balaban J connectivity index is 1.54. The minimum atomic E-state index is -5.01. The lowest BCUT2D eigenvalue weighted by Gasteiger charge is -2.47. The maximum Gasteiger partial charge on any atom is 0.416 e. The molecule has 2 aliphatic heterocycles. The molecule has 0 aromatic heterocycles. The van der Waals surface area contributed by atoms with Crippen LogP contribution in [0.25, 0.3) is 0 Å². The SMILES string of the molecule is Cc1cc(F)ccc1C1CC(N2CCN(C(=O)OC(C)(C)C)CC2)CCN1C(=O)N(C)Cc1cc(C(F)(F)F)cc(C(F)(F)F)c1. The van der Waals surface area contributed by atoms with Crippen molar-refractivity contribution in [2.45, 2.75) is 77.1 Å². The van der Waals surface area contributed by atoms with Crippen LogP contribution in [0.15, 0.2) is 36.4 Å². The molecule has 0 aliphatic carbocycles. The average Bonchev–Trinajstić information content (AvgIpc) is 2.94. The van der Waals surface area contributed by atoms with Crippen molar-refractivity contribution in [2.75, 3.05) is 39.8 Å². The number of carbonyl (C=O) groups excluding carboxylic acids is 2. The average molecular weight is 661 g/mol. The number of rotatable bonds is 4. The first-order valence-electron chi connectivity index (χ1n) is 15.0. The minimum Gasteiger partial charge on any atom is -0.444 e. The van der Waals surface area contributed by atoms with Gasteiger partial charge in [0.15, 0.2) is 0 Å². The molecule has 3 amide bonds. The molecule has 2 atom stereocenters. The largest absolute Gasteiger partial charge is 0.444 e. The first-order chi connectivity index (χ1) is 21.2. The standard InChI is InChI=1S/C32H39F7N4O3/c1-20-14-24(33)6-7-26(20)27-18-25(41-10-12-42(13-11-41)29(45)46-30(2,3)4)8-9-43(27)28(44)40(5)19-21-15-22(31(34,35)36)17-23(16-21)32(37,38)39/h6-7,14-17,25,27H,8-13,18-19H2,1-5H3. The van der Waals surface area contributed by atoms with Gasteiger partial charge in [0.25, 0.3) is 0 Å². The van der Waals surface area contributed by atoms with Crippen LogP contribution in [0, 0.1) is 12.7 Å². The van der Waals surface area contributed by atoms with Crippen LogP contribution in [-0.2, 0) is 23.6 Å². The van der Waals surface area contributed by atoms with E-state index in [9.17, 15) is 40.3 Å². The zero-order valence-corrected chi connectivity index (χ0v) is 26.4. The van der Waals surface area contributed by atoms with Gasteiger partial charge >= 0.3 is 24.5 Å². The molecule has 0 saturated carbocycles. The highest BCUT2D eigenvalue weighted by molar-refractivity contribution is 5.75. The molecular formula is C32H39F7N4O3. The van der Waals surface area contributed by atoms with Crippen molar-refractivity contribution >= 4 is 12.1 Å². The number of benzene rings is 2. The molecular weight excluding hydrogens is 621 g/mol. The smallest absolute Gasteiger partial charge is 0.416 e. The van der Waals surface area contributed by atoms with E-state index < -0.39 is 59.6 Å². The van der Waals surface area contributed by atoms with Gasteiger partial charge in [-0.3, -0.25) is 4.90 Å². The Morgan fingerprint density at radius 1 is 0.891 bits per heavy atom. The number of piperazine rings is 1. The maximum absolute atomic E-state index is 14.0. The summed E-state index contributed by atoms with van der Waals surface area (Å²) in [7, 11) is 1.33. The van der Waals surface area contributed by atoms with Crippen LogP contribution >= 0.6 is 0 Å². The molecule has 0 spiro atoms. The number of likely N-dealkylation sites (tertiary alicyclic amines) is 1. The minimum absolute atomic E-state index is 0.00223. The summed E-state index contributed by atoms with van der Waals surface area (Å²) >= 11 is 0. The third-order valence-corrected chi connectivity index (χ3v) is 8.29. The fraction of sp³-hybridized carbons (Fsp3) is 0.562. The Hall–Kier alpha value is -3.55. The number of nitrogens with zero attached hydrogens (tertiary/aromatic N) is 4. The summed E-state index contributed by atoms with van der Waals surface area (Å²) in [5.74, 6) is -0.452. The molecule has 2 aliphatic rings. The van der Waals surface area contributed by atoms with Crippen molar-refractivity contribution in [1.29, 1.82) is 0 Å². The number of hydrogen-bond acceptors (Lipinski definition) is 4. The third kappa shape index (κ3) is 8.62. The van der Waals surface area contributed by atoms with E-state index in [0.717, 1.165) is 4.90 Å². The Morgan fingerprint density at radius 2 is 1.48 bits per heavy atom. The summed E-state index contributed by atoms with van der Waals surface area (Å²) in [5, 5.41) is 0. The van der Waals surface area contributed by atoms with E-state index in [1.807, 2.05) is 0 Å². The summed E-state index contributed by atoms with van der Waals surface area (Å²) in [6, 6.07) is 4.41. The summed E-state index contributed by atoms with van der Waals surface area (Å²) < 4.78 is 100. The molecule has 0 radical (unpaired) electrons. The number of ether oxygens (including phenoxy) is 1. The van der Waals surface area contributed by atoms with E-state index >= 15 is 0 Å². The normalized spacial score (nSPS) is 20.1. The number of hydrogen-bond donors (Lipinski definition) is 0. The second kappa shape index (κ2) is 13.3. The molecule has 0 bridgehead atoms. The van der Waals surface area contributed by atoms with Gasteiger partial charge in [0.2, 0.25) is 0 Å². The molecule has 2 fully saturated rings. The first kappa shape index (κ1) is 35.3. The van der Waals surface area contributed by atoms with Gasteiger partial charge in [0.05, 0.1) is 17.2 Å². The van der Waals surface area contributed by atoms with E-state index in [1.165, 1.54) is 19.2 Å². The molecule has 14 heteroatoms. The van der Waals surface area contributed by atoms with Crippen LogP contribution in [0.3, 0.4) is 0 Å². The van der Waals surface area contributed by atoms with E-state index in [1.54, 1.807) is 43.6 Å². The van der Waals surface area contributed by atoms with Crippen molar-refractivity contribution in [3.05, 3.63) is 70.0 Å². The monoisotopic (exact) mass is 660 g/mol. The predicted molar refractivity (Wildman–Crippen MR) is 156 cm³/mol. The molecule has 254 valence electrons. The molecule has 2 aromatic rings. The zero-order valence-electron chi connectivity index (χ0n) is 26.4. The Kier molecular flexibility index (Phi) is 10.2. The van der Waals surface area contributed by atoms with Gasteiger partial charge < -0.3 is 19.4 Å². The molecule has 4 rings (SSSR count). The third-order valence-electron chi connectivity index (χ3n) is 8.29. The van der Waals surface area contributed by atoms with Crippen molar-refractivity contribution in [3.8, 4) is 0 Å². The number of carbonyl (C=O) groups is 2. The molecule has 7 nitrogen and oxygen atoms in total. The van der Waals surface area contributed by atoms with Gasteiger partial charge in [0.1, 0.15) is 11.4 Å². The summed E-state index contributed by atoms with van der Waals surface area (Å²) in [4.78, 5) is 32.9.